The van der Waals surface area contributed by atoms with E-state index < -0.39 is 5.63 Å². The third kappa shape index (κ3) is 2.12. The molecule has 0 saturated heterocycles. The molecule has 0 N–H and O–H groups in total. The quantitative estimate of drug-likeness (QED) is 0.668. The van der Waals surface area contributed by atoms with E-state index in [9.17, 15) is 9.59 Å². The monoisotopic (exact) mass is 265 g/mol. The van der Waals surface area contributed by atoms with Crippen LogP contribution in [0.2, 0.25) is 0 Å². The van der Waals surface area contributed by atoms with Crippen molar-refractivity contribution in [1.82, 2.24) is 4.98 Å². The van der Waals surface area contributed by atoms with Crippen molar-refractivity contribution in [1.29, 1.82) is 0 Å². The number of rotatable bonds is 2. The Labute approximate surface area is 114 Å². The summed E-state index contributed by atoms with van der Waals surface area (Å²) in [6.45, 7) is 1.50. The first kappa shape index (κ1) is 12.3. The first-order valence-corrected chi connectivity index (χ1v) is 6.16. The SMILES string of the molecule is CC(=O)c1ccc(-c2nc3ccccc3c(=O)o2)cc1. The topological polar surface area (TPSA) is 60.2 Å². The van der Waals surface area contributed by atoms with Crippen LogP contribution in [0.15, 0.2) is 57.7 Å². The van der Waals surface area contributed by atoms with Crippen LogP contribution in [0.5, 0.6) is 0 Å². The van der Waals surface area contributed by atoms with Crippen molar-refractivity contribution in [3.05, 3.63) is 64.5 Å². The molecule has 4 heteroatoms. The number of fused-ring (bicyclic) bond motifs is 1. The van der Waals surface area contributed by atoms with Gasteiger partial charge in [-0.3, -0.25) is 4.79 Å². The molecule has 3 aromatic rings. The molecule has 0 spiro atoms. The van der Waals surface area contributed by atoms with Crippen molar-refractivity contribution < 1.29 is 9.21 Å². The lowest BCUT2D eigenvalue weighted by molar-refractivity contribution is 0.101. The summed E-state index contributed by atoms with van der Waals surface area (Å²) in [5.41, 5.74) is 1.45. The lowest BCUT2D eigenvalue weighted by atomic mass is 10.1. The molecule has 2 aromatic carbocycles. The van der Waals surface area contributed by atoms with Crippen molar-refractivity contribution >= 4 is 16.7 Å². The fourth-order valence-corrected chi connectivity index (χ4v) is 1.99. The van der Waals surface area contributed by atoms with Gasteiger partial charge in [0.25, 0.3) is 0 Å². The molecule has 0 aliphatic rings. The first-order chi connectivity index (χ1) is 9.65. The normalized spacial score (nSPS) is 10.7. The van der Waals surface area contributed by atoms with Crippen LogP contribution in [0.25, 0.3) is 22.4 Å². The van der Waals surface area contributed by atoms with Crippen molar-refractivity contribution in [3.8, 4) is 11.5 Å². The molecule has 20 heavy (non-hydrogen) atoms. The van der Waals surface area contributed by atoms with Gasteiger partial charge in [0.2, 0.25) is 5.89 Å². The molecule has 4 nitrogen and oxygen atoms in total. The highest BCUT2D eigenvalue weighted by Gasteiger charge is 2.08. The number of hydrogen-bond donors (Lipinski definition) is 0. The van der Waals surface area contributed by atoms with Gasteiger partial charge in [0.05, 0.1) is 10.9 Å². The average molecular weight is 265 g/mol. The van der Waals surface area contributed by atoms with Gasteiger partial charge in [0.15, 0.2) is 5.78 Å². The van der Waals surface area contributed by atoms with Crippen molar-refractivity contribution in [2.75, 3.05) is 0 Å². The number of para-hydroxylation sites is 1. The van der Waals surface area contributed by atoms with Crippen LogP contribution < -0.4 is 5.63 Å². The minimum absolute atomic E-state index is 0.00975. The van der Waals surface area contributed by atoms with E-state index in [0.29, 0.717) is 22.0 Å². The van der Waals surface area contributed by atoms with Gasteiger partial charge in [0.1, 0.15) is 0 Å². The molecule has 98 valence electrons. The minimum atomic E-state index is -0.416. The van der Waals surface area contributed by atoms with E-state index in [1.54, 1.807) is 42.5 Å². The molecule has 1 heterocycles. The van der Waals surface area contributed by atoms with Gasteiger partial charge in [-0.2, -0.15) is 0 Å². The fourth-order valence-electron chi connectivity index (χ4n) is 1.99. The molecule has 0 unspecified atom stereocenters. The Morgan fingerprint density at radius 2 is 1.75 bits per heavy atom. The van der Waals surface area contributed by atoms with E-state index >= 15 is 0 Å². The van der Waals surface area contributed by atoms with Crippen LogP contribution >= 0.6 is 0 Å². The molecule has 0 radical (unpaired) electrons. The third-order valence-electron chi connectivity index (χ3n) is 3.07. The van der Waals surface area contributed by atoms with Crippen LogP contribution in [-0.4, -0.2) is 10.8 Å². The Bertz CT molecular complexity index is 847. The Hall–Kier alpha value is -2.75. The van der Waals surface area contributed by atoms with Gasteiger partial charge >= 0.3 is 5.63 Å². The second-order valence-electron chi connectivity index (χ2n) is 4.46. The van der Waals surface area contributed by atoms with Gasteiger partial charge in [-0.1, -0.05) is 24.3 Å². The molecular weight excluding hydrogens is 254 g/mol. The van der Waals surface area contributed by atoms with Gasteiger partial charge in [-0.25, -0.2) is 9.78 Å². The predicted molar refractivity (Wildman–Crippen MR) is 75.7 cm³/mol. The summed E-state index contributed by atoms with van der Waals surface area (Å²) in [5, 5.41) is 0.455. The number of benzene rings is 2. The molecule has 0 atom stereocenters. The maximum absolute atomic E-state index is 11.9. The van der Waals surface area contributed by atoms with Crippen LogP contribution in [0.3, 0.4) is 0 Å². The van der Waals surface area contributed by atoms with Crippen LogP contribution in [0.4, 0.5) is 0 Å². The van der Waals surface area contributed by atoms with Crippen LogP contribution in [0.1, 0.15) is 17.3 Å². The zero-order valence-electron chi connectivity index (χ0n) is 10.8. The van der Waals surface area contributed by atoms with E-state index in [1.807, 2.05) is 6.07 Å². The standard InChI is InChI=1S/C16H11NO3/c1-10(18)11-6-8-12(9-7-11)15-17-14-5-3-2-4-13(14)16(19)20-15/h2-9H,1H3. The summed E-state index contributed by atoms with van der Waals surface area (Å²) in [6.07, 6.45) is 0. The Kier molecular flexibility index (Phi) is 2.91. The number of carbonyl (C=O) groups is 1. The fraction of sp³-hybridized carbons (Fsp3) is 0.0625. The number of hydrogen-bond acceptors (Lipinski definition) is 4. The summed E-state index contributed by atoms with van der Waals surface area (Å²) in [5.74, 6) is 0.244. The maximum Gasteiger partial charge on any atom is 0.347 e. The number of carbonyl (C=O) groups excluding carboxylic acids is 1. The molecule has 0 aliphatic heterocycles. The lowest BCUT2D eigenvalue weighted by Gasteiger charge is -2.02. The first-order valence-electron chi connectivity index (χ1n) is 6.16. The predicted octanol–water partition coefficient (Wildman–Crippen LogP) is 3.06. The highest BCUT2D eigenvalue weighted by atomic mass is 16.4. The summed E-state index contributed by atoms with van der Waals surface area (Å²) < 4.78 is 5.23. The highest BCUT2D eigenvalue weighted by molar-refractivity contribution is 5.94. The van der Waals surface area contributed by atoms with Gasteiger partial charge in [-0.15, -0.1) is 0 Å². The van der Waals surface area contributed by atoms with Crippen molar-refractivity contribution in [3.63, 3.8) is 0 Å². The summed E-state index contributed by atoms with van der Waals surface area (Å²) in [4.78, 5) is 27.4. The number of nitrogens with zero attached hydrogens (tertiary/aromatic N) is 1. The van der Waals surface area contributed by atoms with E-state index in [-0.39, 0.29) is 11.7 Å². The van der Waals surface area contributed by atoms with E-state index in [1.165, 1.54) is 6.92 Å². The van der Waals surface area contributed by atoms with Crippen LogP contribution in [-0.2, 0) is 0 Å². The second kappa shape index (κ2) is 4.74. The van der Waals surface area contributed by atoms with Gasteiger partial charge < -0.3 is 4.42 Å². The Balaban J connectivity index is 2.14. The summed E-state index contributed by atoms with van der Waals surface area (Å²) >= 11 is 0. The molecule has 0 aliphatic carbocycles. The molecule has 0 amide bonds. The second-order valence-corrected chi connectivity index (χ2v) is 4.46. The molecule has 3 rings (SSSR count). The third-order valence-corrected chi connectivity index (χ3v) is 3.07. The Morgan fingerprint density at radius 1 is 1.05 bits per heavy atom. The van der Waals surface area contributed by atoms with Crippen molar-refractivity contribution in [2.24, 2.45) is 0 Å². The number of ketones is 1. The van der Waals surface area contributed by atoms with Crippen molar-refractivity contribution in [2.45, 2.75) is 6.92 Å². The largest absolute Gasteiger partial charge is 0.403 e. The summed E-state index contributed by atoms with van der Waals surface area (Å²) in [7, 11) is 0. The van der Waals surface area contributed by atoms with E-state index in [0.717, 1.165) is 0 Å². The zero-order chi connectivity index (χ0) is 14.1. The van der Waals surface area contributed by atoms with E-state index in [2.05, 4.69) is 4.98 Å². The maximum atomic E-state index is 11.9. The molecule has 0 saturated carbocycles. The summed E-state index contributed by atoms with van der Waals surface area (Å²) in [6, 6.07) is 13.8. The molecule has 1 aromatic heterocycles. The smallest absolute Gasteiger partial charge is 0.347 e. The molecule has 0 bridgehead atoms. The number of Topliss-reactive ketones (excluding diaryl/α,β-unsaturated/α-hetero) is 1. The molecular formula is C16H11NO3. The highest BCUT2D eigenvalue weighted by Crippen LogP contribution is 2.19. The number of aromatic nitrogens is 1. The van der Waals surface area contributed by atoms with E-state index in [4.69, 9.17) is 4.42 Å². The van der Waals surface area contributed by atoms with Crippen LogP contribution in [0, 0.1) is 0 Å². The lowest BCUT2D eigenvalue weighted by Crippen LogP contribution is -2.02. The average Bonchev–Trinajstić information content (AvgIpc) is 2.47. The zero-order valence-corrected chi connectivity index (χ0v) is 10.8. The Morgan fingerprint density at radius 3 is 2.45 bits per heavy atom. The minimum Gasteiger partial charge on any atom is -0.403 e. The van der Waals surface area contributed by atoms with Gasteiger partial charge in [0, 0.05) is 11.1 Å². The van der Waals surface area contributed by atoms with Gasteiger partial charge in [-0.05, 0) is 31.2 Å². The molecule has 0 fully saturated rings.